The highest BCUT2D eigenvalue weighted by Crippen LogP contribution is 2.60. The van der Waals surface area contributed by atoms with Crippen LogP contribution < -0.4 is 10.1 Å². The second kappa shape index (κ2) is 10.1. The zero-order valence-electron chi connectivity index (χ0n) is 19.3. The number of ether oxygens (including phenoxy) is 1. The Kier molecular flexibility index (Phi) is 7.48. The third-order valence-corrected chi connectivity index (χ3v) is 8.31. The molecule has 0 spiro atoms. The molecule has 5 heteroatoms. The van der Waals surface area contributed by atoms with E-state index in [-0.39, 0.29) is 5.41 Å². The van der Waals surface area contributed by atoms with Gasteiger partial charge in [-0.3, -0.25) is 4.79 Å². The van der Waals surface area contributed by atoms with Gasteiger partial charge in [0, 0.05) is 23.5 Å². The molecular weight excluding hydrogens is 408 g/mol. The van der Waals surface area contributed by atoms with E-state index in [1.54, 1.807) is 7.11 Å². The number of hydrogen-bond donors (Lipinski definition) is 1. The van der Waals surface area contributed by atoms with Crippen LogP contribution in [-0.2, 0) is 11.2 Å². The first kappa shape index (κ1) is 22.9. The van der Waals surface area contributed by atoms with E-state index in [0.29, 0.717) is 5.91 Å². The summed E-state index contributed by atoms with van der Waals surface area (Å²) in [5.74, 6) is 3.62. The number of benzene rings is 1. The molecule has 0 aromatic heterocycles. The number of nitrogens with one attached hydrogen (secondary N) is 1. The van der Waals surface area contributed by atoms with Crippen molar-refractivity contribution >= 4 is 17.5 Å². The molecule has 4 aliphatic carbocycles. The number of halogens is 1. The summed E-state index contributed by atoms with van der Waals surface area (Å²) >= 11 is 6.41. The first-order chi connectivity index (χ1) is 15.0. The molecule has 0 heterocycles. The lowest BCUT2D eigenvalue weighted by molar-refractivity contribution is -0.146. The summed E-state index contributed by atoms with van der Waals surface area (Å²) in [7, 11) is 1.66. The minimum Gasteiger partial charge on any atom is -0.497 e. The van der Waals surface area contributed by atoms with Crippen molar-refractivity contribution in [2.75, 3.05) is 33.3 Å². The quantitative estimate of drug-likeness (QED) is 0.467. The van der Waals surface area contributed by atoms with E-state index in [0.717, 1.165) is 93.2 Å². The Bertz CT molecular complexity index is 730. The molecule has 4 nitrogen and oxygen atoms in total. The van der Waals surface area contributed by atoms with Gasteiger partial charge < -0.3 is 15.0 Å². The fourth-order valence-corrected chi connectivity index (χ4v) is 7.13. The summed E-state index contributed by atoms with van der Waals surface area (Å²) in [5, 5.41) is 4.11. The fourth-order valence-electron chi connectivity index (χ4n) is 6.87. The molecule has 0 radical (unpaired) electrons. The topological polar surface area (TPSA) is 41.6 Å². The Hall–Kier alpha value is -1.26. The predicted octanol–water partition coefficient (Wildman–Crippen LogP) is 5.33. The molecule has 4 saturated carbocycles. The molecule has 1 aromatic rings. The predicted molar refractivity (Wildman–Crippen MR) is 127 cm³/mol. The van der Waals surface area contributed by atoms with Gasteiger partial charge in [0.2, 0.25) is 5.91 Å². The Balaban J connectivity index is 1.21. The summed E-state index contributed by atoms with van der Waals surface area (Å²) in [6.45, 7) is 6.11. The van der Waals surface area contributed by atoms with Gasteiger partial charge in [0.05, 0.1) is 7.11 Å². The lowest BCUT2D eigenvalue weighted by Gasteiger charge is -2.55. The fraction of sp³-hybridized carbons (Fsp3) is 0.731. The van der Waals surface area contributed by atoms with Gasteiger partial charge in [0.1, 0.15) is 5.75 Å². The summed E-state index contributed by atoms with van der Waals surface area (Å²) in [4.78, 5) is 15.6. The smallest absolute Gasteiger partial charge is 0.226 e. The van der Waals surface area contributed by atoms with E-state index in [4.69, 9.17) is 16.3 Å². The number of rotatable bonds is 11. The zero-order chi connectivity index (χ0) is 21.8. The van der Waals surface area contributed by atoms with Gasteiger partial charge >= 0.3 is 0 Å². The van der Waals surface area contributed by atoms with Crippen molar-refractivity contribution in [3.05, 3.63) is 28.8 Å². The third kappa shape index (κ3) is 5.39. The Labute approximate surface area is 193 Å². The van der Waals surface area contributed by atoms with Crippen LogP contribution in [0.2, 0.25) is 5.02 Å². The molecule has 172 valence electrons. The zero-order valence-corrected chi connectivity index (χ0v) is 20.1. The molecule has 0 unspecified atom stereocenters. The maximum absolute atomic E-state index is 13.1. The summed E-state index contributed by atoms with van der Waals surface area (Å²) in [5.41, 5.74) is 1.14. The van der Waals surface area contributed by atoms with Gasteiger partial charge in [0.15, 0.2) is 0 Å². The first-order valence-corrected chi connectivity index (χ1v) is 12.7. The molecule has 0 atom stereocenters. The van der Waals surface area contributed by atoms with Crippen LogP contribution in [0.4, 0.5) is 0 Å². The van der Waals surface area contributed by atoms with Crippen molar-refractivity contribution in [1.82, 2.24) is 10.2 Å². The highest BCUT2D eigenvalue weighted by Gasteiger charge is 2.54. The summed E-state index contributed by atoms with van der Waals surface area (Å²) < 4.78 is 5.25. The molecular formula is C26H39ClN2O2. The van der Waals surface area contributed by atoms with Crippen molar-refractivity contribution in [1.29, 1.82) is 0 Å². The molecule has 5 rings (SSSR count). The molecule has 1 amide bonds. The Morgan fingerprint density at radius 3 is 2.39 bits per heavy atom. The van der Waals surface area contributed by atoms with Crippen LogP contribution in [0.25, 0.3) is 0 Å². The van der Waals surface area contributed by atoms with E-state index in [1.807, 2.05) is 12.1 Å². The number of hydrogen-bond acceptors (Lipinski definition) is 3. The van der Waals surface area contributed by atoms with Crippen LogP contribution in [0.5, 0.6) is 5.75 Å². The molecule has 0 aliphatic heterocycles. The van der Waals surface area contributed by atoms with Gasteiger partial charge in [-0.05, 0) is 106 Å². The number of nitrogens with zero attached hydrogens (tertiary/aromatic N) is 1. The largest absolute Gasteiger partial charge is 0.497 e. The molecule has 4 aliphatic rings. The van der Waals surface area contributed by atoms with Crippen molar-refractivity contribution in [3.63, 3.8) is 0 Å². The van der Waals surface area contributed by atoms with Crippen LogP contribution in [0.1, 0.15) is 63.9 Å². The average molecular weight is 447 g/mol. The van der Waals surface area contributed by atoms with Gasteiger partial charge in [-0.25, -0.2) is 0 Å². The van der Waals surface area contributed by atoms with Crippen LogP contribution in [0.3, 0.4) is 0 Å². The Morgan fingerprint density at radius 1 is 1.13 bits per heavy atom. The van der Waals surface area contributed by atoms with E-state index < -0.39 is 0 Å². The van der Waals surface area contributed by atoms with Crippen LogP contribution in [0.15, 0.2) is 18.2 Å². The highest BCUT2D eigenvalue weighted by molar-refractivity contribution is 6.31. The lowest BCUT2D eigenvalue weighted by atomic mass is 9.49. The van der Waals surface area contributed by atoms with Crippen molar-refractivity contribution in [2.24, 2.45) is 23.2 Å². The van der Waals surface area contributed by atoms with Gasteiger partial charge in [-0.2, -0.15) is 0 Å². The molecule has 4 bridgehead atoms. The minimum absolute atomic E-state index is 0.0248. The second-order valence-corrected chi connectivity index (χ2v) is 10.8. The average Bonchev–Trinajstić information content (AvgIpc) is 2.74. The molecule has 4 fully saturated rings. The normalized spacial score (nSPS) is 28.8. The van der Waals surface area contributed by atoms with Gasteiger partial charge in [-0.15, -0.1) is 0 Å². The van der Waals surface area contributed by atoms with E-state index >= 15 is 0 Å². The van der Waals surface area contributed by atoms with Gasteiger partial charge in [0.25, 0.3) is 0 Å². The maximum atomic E-state index is 13.1. The van der Waals surface area contributed by atoms with Crippen molar-refractivity contribution in [3.8, 4) is 5.75 Å². The SMILES string of the molecule is CCCN(CCCNC(=O)C12CC3CC(CC(C3)C1)C2)CCc1ccc(OC)cc1Cl. The first-order valence-electron chi connectivity index (χ1n) is 12.3. The molecule has 0 saturated heterocycles. The summed E-state index contributed by atoms with van der Waals surface area (Å²) in [6, 6.07) is 5.93. The number of carbonyl (C=O) groups is 1. The number of methoxy groups -OCH3 is 1. The van der Waals surface area contributed by atoms with Crippen LogP contribution in [0, 0.1) is 23.2 Å². The van der Waals surface area contributed by atoms with Crippen LogP contribution >= 0.6 is 11.6 Å². The highest BCUT2D eigenvalue weighted by atomic mass is 35.5. The van der Waals surface area contributed by atoms with E-state index in [9.17, 15) is 4.79 Å². The molecule has 31 heavy (non-hydrogen) atoms. The molecule has 1 N–H and O–H groups in total. The third-order valence-electron chi connectivity index (χ3n) is 7.95. The van der Waals surface area contributed by atoms with E-state index in [1.165, 1.54) is 24.8 Å². The van der Waals surface area contributed by atoms with Crippen LogP contribution in [-0.4, -0.2) is 44.1 Å². The maximum Gasteiger partial charge on any atom is 0.226 e. The van der Waals surface area contributed by atoms with E-state index in [2.05, 4.69) is 23.2 Å². The van der Waals surface area contributed by atoms with Crippen molar-refractivity contribution in [2.45, 2.75) is 64.7 Å². The molecule has 1 aromatic carbocycles. The monoisotopic (exact) mass is 446 g/mol. The lowest BCUT2D eigenvalue weighted by Crippen LogP contribution is -2.53. The van der Waals surface area contributed by atoms with Crippen molar-refractivity contribution < 1.29 is 9.53 Å². The standard InChI is InChI=1S/C26H39ClN2O2/c1-3-9-29(11-7-22-5-6-23(31-2)15-24(22)27)10-4-8-28-25(30)26-16-19-12-20(17-26)14-21(13-19)18-26/h5-6,15,19-21H,3-4,7-14,16-18H2,1-2H3,(H,28,30). The minimum atomic E-state index is -0.0248. The Morgan fingerprint density at radius 2 is 1.81 bits per heavy atom. The van der Waals surface area contributed by atoms with Gasteiger partial charge in [-0.1, -0.05) is 24.6 Å². The number of amides is 1. The second-order valence-electron chi connectivity index (χ2n) is 10.4. The summed E-state index contributed by atoms with van der Waals surface area (Å²) in [6.07, 6.45) is 10.7. The number of carbonyl (C=O) groups excluding carboxylic acids is 1.